The highest BCUT2D eigenvalue weighted by molar-refractivity contribution is 14.1. The van der Waals surface area contributed by atoms with Gasteiger partial charge in [-0.2, -0.15) is 17.9 Å². The van der Waals surface area contributed by atoms with Crippen LogP contribution in [0.5, 0.6) is 0 Å². The Morgan fingerprint density at radius 1 is 1.04 bits per heavy atom. The third-order valence-corrected chi connectivity index (χ3v) is 5.55. The molecule has 0 saturated carbocycles. The molecule has 0 aliphatic carbocycles. The second kappa shape index (κ2) is 7.01. The van der Waals surface area contributed by atoms with Gasteiger partial charge in [-0.15, -0.1) is 0 Å². The minimum absolute atomic E-state index is 0.450. The van der Waals surface area contributed by atoms with Crippen molar-refractivity contribution in [1.29, 1.82) is 0 Å². The van der Waals surface area contributed by atoms with Crippen molar-refractivity contribution >= 4 is 32.6 Å². The third kappa shape index (κ3) is 4.28. The molecule has 1 atom stereocenters. The van der Waals surface area contributed by atoms with Gasteiger partial charge in [0.2, 0.25) is 0 Å². The van der Waals surface area contributed by atoms with E-state index < -0.39 is 21.6 Å². The minimum atomic E-state index is -5.49. The van der Waals surface area contributed by atoms with Crippen LogP contribution in [-0.2, 0) is 10.0 Å². The fourth-order valence-corrected chi connectivity index (χ4v) is 3.62. The molecule has 24 heavy (non-hydrogen) atoms. The van der Waals surface area contributed by atoms with Gasteiger partial charge in [0.05, 0.1) is 6.04 Å². The van der Waals surface area contributed by atoms with E-state index in [1.54, 1.807) is 55.0 Å². The summed E-state index contributed by atoms with van der Waals surface area (Å²) < 4.78 is 64.3. The highest BCUT2D eigenvalue weighted by atomic mass is 127. The predicted octanol–water partition coefficient (Wildman–Crippen LogP) is 4.44. The van der Waals surface area contributed by atoms with Crippen molar-refractivity contribution in [3.63, 3.8) is 0 Å². The second-order valence-corrected chi connectivity index (χ2v) is 8.31. The van der Waals surface area contributed by atoms with E-state index in [1.165, 1.54) is 0 Å². The summed E-state index contributed by atoms with van der Waals surface area (Å²) in [6.07, 6.45) is 0. The van der Waals surface area contributed by atoms with Crippen LogP contribution in [0.1, 0.15) is 28.3 Å². The van der Waals surface area contributed by atoms with Crippen molar-refractivity contribution < 1.29 is 21.6 Å². The molecule has 0 saturated heterocycles. The molecule has 0 amide bonds. The molecule has 0 aliphatic heterocycles. The smallest absolute Gasteiger partial charge is 0.203 e. The van der Waals surface area contributed by atoms with Crippen LogP contribution in [0.3, 0.4) is 0 Å². The first-order chi connectivity index (χ1) is 11.0. The highest BCUT2D eigenvalue weighted by Gasteiger charge is 2.47. The largest absolute Gasteiger partial charge is 0.511 e. The Morgan fingerprint density at radius 2 is 1.67 bits per heavy atom. The van der Waals surface area contributed by atoms with Crippen LogP contribution in [-0.4, -0.2) is 13.9 Å². The fourth-order valence-electron chi connectivity index (χ4n) is 2.27. The summed E-state index contributed by atoms with van der Waals surface area (Å²) in [6.45, 7) is 3.59. The van der Waals surface area contributed by atoms with Crippen molar-refractivity contribution in [2.75, 3.05) is 0 Å². The number of hydrogen-bond donors (Lipinski definition) is 1. The standard InChI is InChI=1S/C16H15F3INO2S/c1-10-4-3-5-12(8-10)15(21-24(22,23)16(17,18)19)13-9-11(2)6-7-14(13)20/h3-9,15,21H,1-2H3. The first kappa shape index (κ1) is 19.2. The van der Waals surface area contributed by atoms with Gasteiger partial charge in [-0.3, -0.25) is 0 Å². The molecule has 1 unspecified atom stereocenters. The molecule has 0 heterocycles. The second-order valence-electron chi connectivity index (χ2n) is 5.44. The maximum Gasteiger partial charge on any atom is 0.511 e. The molecule has 2 aromatic rings. The summed E-state index contributed by atoms with van der Waals surface area (Å²) in [7, 11) is -5.49. The fraction of sp³-hybridized carbons (Fsp3) is 0.250. The maximum atomic E-state index is 12.8. The van der Waals surface area contributed by atoms with Gasteiger partial charge in [-0.05, 0) is 53.6 Å². The SMILES string of the molecule is Cc1cccc(C(NS(=O)(=O)C(F)(F)F)c2cc(C)ccc2I)c1. The zero-order chi connectivity index (χ0) is 18.1. The summed E-state index contributed by atoms with van der Waals surface area (Å²) >= 11 is 1.98. The van der Waals surface area contributed by atoms with E-state index >= 15 is 0 Å². The Balaban J connectivity index is 2.60. The molecule has 0 radical (unpaired) electrons. The molecule has 3 nitrogen and oxygen atoms in total. The van der Waals surface area contributed by atoms with Gasteiger partial charge in [0.15, 0.2) is 0 Å². The minimum Gasteiger partial charge on any atom is -0.203 e. The Bertz CT molecular complexity index is 851. The first-order valence-electron chi connectivity index (χ1n) is 6.92. The highest BCUT2D eigenvalue weighted by Crippen LogP contribution is 2.31. The van der Waals surface area contributed by atoms with Gasteiger partial charge in [0, 0.05) is 3.57 Å². The Hall–Kier alpha value is -1.13. The zero-order valence-electron chi connectivity index (χ0n) is 12.9. The van der Waals surface area contributed by atoms with Crippen LogP contribution in [0.2, 0.25) is 0 Å². The van der Waals surface area contributed by atoms with E-state index in [9.17, 15) is 21.6 Å². The van der Waals surface area contributed by atoms with Crippen LogP contribution >= 0.6 is 22.6 Å². The molecular weight excluding hydrogens is 454 g/mol. The molecule has 0 aliphatic rings. The van der Waals surface area contributed by atoms with Gasteiger partial charge < -0.3 is 0 Å². The van der Waals surface area contributed by atoms with Crippen LogP contribution in [0.25, 0.3) is 0 Å². The van der Waals surface area contributed by atoms with Gasteiger partial charge >= 0.3 is 15.5 Å². The third-order valence-electron chi connectivity index (χ3n) is 3.42. The lowest BCUT2D eigenvalue weighted by Gasteiger charge is -2.22. The van der Waals surface area contributed by atoms with Gasteiger partial charge in [0.25, 0.3) is 0 Å². The number of hydrogen-bond acceptors (Lipinski definition) is 2. The maximum absolute atomic E-state index is 12.8. The van der Waals surface area contributed by atoms with Crippen molar-refractivity contribution in [1.82, 2.24) is 4.72 Å². The van der Waals surface area contributed by atoms with Gasteiger partial charge in [-0.1, -0.05) is 47.5 Å². The Labute approximate surface area is 152 Å². The lowest BCUT2D eigenvalue weighted by Crippen LogP contribution is -2.39. The number of alkyl halides is 3. The van der Waals surface area contributed by atoms with E-state index in [0.29, 0.717) is 14.7 Å². The van der Waals surface area contributed by atoms with Crippen LogP contribution in [0, 0.1) is 17.4 Å². The summed E-state index contributed by atoms with van der Waals surface area (Å²) in [5.41, 5.74) is -2.79. The van der Waals surface area contributed by atoms with Crippen LogP contribution in [0.4, 0.5) is 13.2 Å². The quantitative estimate of drug-likeness (QED) is 0.674. The molecule has 2 aromatic carbocycles. The molecule has 8 heteroatoms. The summed E-state index contributed by atoms with van der Waals surface area (Å²) in [4.78, 5) is 0. The van der Waals surface area contributed by atoms with Crippen molar-refractivity contribution in [2.24, 2.45) is 0 Å². The normalized spacial score (nSPS) is 13.8. The summed E-state index contributed by atoms with van der Waals surface area (Å²) in [6, 6.07) is 10.9. The molecular formula is C16H15F3INO2S. The summed E-state index contributed by atoms with van der Waals surface area (Å²) in [5.74, 6) is 0. The van der Waals surface area contributed by atoms with Crippen LogP contribution in [0.15, 0.2) is 42.5 Å². The van der Waals surface area contributed by atoms with E-state index in [0.717, 1.165) is 11.1 Å². The number of nitrogens with one attached hydrogen (secondary N) is 1. The lowest BCUT2D eigenvalue weighted by molar-refractivity contribution is -0.0449. The van der Waals surface area contributed by atoms with E-state index in [-0.39, 0.29) is 0 Å². The first-order valence-corrected chi connectivity index (χ1v) is 9.48. The van der Waals surface area contributed by atoms with Crippen molar-refractivity contribution in [3.05, 3.63) is 68.3 Å². The molecule has 1 N–H and O–H groups in total. The number of sulfonamides is 1. The molecule has 130 valence electrons. The van der Waals surface area contributed by atoms with Crippen molar-refractivity contribution in [2.45, 2.75) is 25.4 Å². The monoisotopic (exact) mass is 469 g/mol. The molecule has 0 aromatic heterocycles. The molecule has 0 spiro atoms. The summed E-state index contributed by atoms with van der Waals surface area (Å²) in [5, 5.41) is 0. The molecule has 2 rings (SSSR count). The van der Waals surface area contributed by atoms with E-state index in [4.69, 9.17) is 0 Å². The Morgan fingerprint density at radius 3 is 2.25 bits per heavy atom. The number of aryl methyl sites for hydroxylation is 2. The van der Waals surface area contributed by atoms with Crippen LogP contribution < -0.4 is 4.72 Å². The average molecular weight is 469 g/mol. The van der Waals surface area contributed by atoms with Gasteiger partial charge in [-0.25, -0.2) is 8.42 Å². The molecule has 0 bridgehead atoms. The van der Waals surface area contributed by atoms with E-state index in [2.05, 4.69) is 0 Å². The number of halogens is 4. The topological polar surface area (TPSA) is 46.2 Å². The molecule has 0 fully saturated rings. The predicted molar refractivity (Wildman–Crippen MR) is 95.0 cm³/mol. The van der Waals surface area contributed by atoms with Crippen molar-refractivity contribution in [3.8, 4) is 0 Å². The van der Waals surface area contributed by atoms with E-state index in [1.807, 2.05) is 28.7 Å². The number of benzene rings is 2. The lowest BCUT2D eigenvalue weighted by atomic mass is 9.97. The number of rotatable bonds is 4. The average Bonchev–Trinajstić information content (AvgIpc) is 2.46. The zero-order valence-corrected chi connectivity index (χ0v) is 15.8. The Kier molecular flexibility index (Phi) is 5.61. The van der Waals surface area contributed by atoms with Gasteiger partial charge in [0.1, 0.15) is 0 Å².